The van der Waals surface area contributed by atoms with Crippen molar-refractivity contribution in [1.82, 2.24) is 10.3 Å². The third-order valence-electron chi connectivity index (χ3n) is 4.19. The number of hydrogen-bond acceptors (Lipinski definition) is 4. The zero-order chi connectivity index (χ0) is 17.6. The van der Waals surface area contributed by atoms with Gasteiger partial charge in [0.05, 0.1) is 31.0 Å². The van der Waals surface area contributed by atoms with Crippen molar-refractivity contribution in [2.45, 2.75) is 25.8 Å². The largest absolute Gasteiger partial charge is 0.464 e. The first kappa shape index (κ1) is 17.2. The standard InChI is InChI=1S/C20H22N2O3/c1-3-14-7-8-16-15(12-25-19(16)10-14)11-20(23)22-18(13-24-2)17-6-4-5-9-21-17/h4-10,12,18H,3,11,13H2,1-2H3,(H,22,23). The van der Waals surface area contributed by atoms with Gasteiger partial charge in [0.2, 0.25) is 5.91 Å². The van der Waals surface area contributed by atoms with Crippen molar-refractivity contribution in [2.24, 2.45) is 0 Å². The SMILES string of the molecule is CCc1ccc2c(CC(=O)NC(COC)c3ccccn3)coc2c1. The topological polar surface area (TPSA) is 64.4 Å². The van der Waals surface area contributed by atoms with Crippen LogP contribution < -0.4 is 5.32 Å². The van der Waals surface area contributed by atoms with Crippen LogP contribution in [-0.4, -0.2) is 24.6 Å². The highest BCUT2D eigenvalue weighted by molar-refractivity contribution is 5.88. The van der Waals surface area contributed by atoms with Crippen LogP contribution in [0.1, 0.15) is 29.8 Å². The zero-order valence-electron chi connectivity index (χ0n) is 14.5. The highest BCUT2D eigenvalue weighted by Gasteiger charge is 2.17. The third-order valence-corrected chi connectivity index (χ3v) is 4.19. The summed E-state index contributed by atoms with van der Waals surface area (Å²) in [6, 6.07) is 11.5. The van der Waals surface area contributed by atoms with Crippen LogP contribution in [-0.2, 0) is 22.4 Å². The molecule has 2 heterocycles. The maximum atomic E-state index is 12.5. The number of aryl methyl sites for hydroxylation is 1. The molecule has 0 bridgehead atoms. The number of ether oxygens (including phenoxy) is 1. The number of pyridine rings is 1. The Bertz CT molecular complexity index is 843. The van der Waals surface area contributed by atoms with Crippen molar-refractivity contribution >= 4 is 16.9 Å². The minimum Gasteiger partial charge on any atom is -0.464 e. The van der Waals surface area contributed by atoms with E-state index in [9.17, 15) is 4.79 Å². The van der Waals surface area contributed by atoms with Crippen molar-refractivity contribution in [3.05, 3.63) is 65.7 Å². The summed E-state index contributed by atoms with van der Waals surface area (Å²) in [6.07, 6.45) is 4.58. The molecule has 0 aliphatic carbocycles. The summed E-state index contributed by atoms with van der Waals surface area (Å²) in [4.78, 5) is 16.8. The monoisotopic (exact) mass is 338 g/mol. The average molecular weight is 338 g/mol. The van der Waals surface area contributed by atoms with E-state index in [1.54, 1.807) is 19.6 Å². The number of rotatable bonds is 7. The summed E-state index contributed by atoms with van der Waals surface area (Å²) in [5.74, 6) is -0.0880. The fourth-order valence-electron chi connectivity index (χ4n) is 2.85. The molecule has 0 aliphatic rings. The summed E-state index contributed by atoms with van der Waals surface area (Å²) in [6.45, 7) is 2.47. The molecule has 0 spiro atoms. The molecule has 0 aliphatic heterocycles. The first-order valence-electron chi connectivity index (χ1n) is 8.39. The van der Waals surface area contributed by atoms with Gasteiger partial charge in [0.25, 0.3) is 0 Å². The summed E-state index contributed by atoms with van der Waals surface area (Å²) in [5.41, 5.74) is 3.70. The molecule has 1 unspecified atom stereocenters. The lowest BCUT2D eigenvalue weighted by Crippen LogP contribution is -2.32. The second kappa shape index (κ2) is 7.94. The maximum absolute atomic E-state index is 12.5. The van der Waals surface area contributed by atoms with E-state index in [0.717, 1.165) is 28.6 Å². The molecule has 0 radical (unpaired) electrons. The Balaban J connectivity index is 1.73. The first-order chi connectivity index (χ1) is 12.2. The lowest BCUT2D eigenvalue weighted by molar-refractivity contribution is -0.121. The quantitative estimate of drug-likeness (QED) is 0.717. The molecule has 5 nitrogen and oxygen atoms in total. The van der Waals surface area contributed by atoms with Crippen LogP contribution in [0.3, 0.4) is 0 Å². The van der Waals surface area contributed by atoms with Crippen molar-refractivity contribution < 1.29 is 13.9 Å². The number of nitrogens with one attached hydrogen (secondary N) is 1. The molecule has 0 saturated heterocycles. The van der Waals surface area contributed by atoms with E-state index in [1.807, 2.05) is 30.3 Å². The minimum absolute atomic E-state index is 0.0880. The van der Waals surface area contributed by atoms with Gasteiger partial charge in [-0.25, -0.2) is 0 Å². The number of amides is 1. The Morgan fingerprint density at radius 3 is 2.92 bits per heavy atom. The molecular weight excluding hydrogens is 316 g/mol. The van der Waals surface area contributed by atoms with Gasteiger partial charge in [-0.3, -0.25) is 9.78 Å². The number of nitrogens with zero attached hydrogens (tertiary/aromatic N) is 1. The van der Waals surface area contributed by atoms with Crippen molar-refractivity contribution in [2.75, 3.05) is 13.7 Å². The Hall–Kier alpha value is -2.66. The van der Waals surface area contributed by atoms with Gasteiger partial charge in [0.15, 0.2) is 0 Å². The van der Waals surface area contributed by atoms with E-state index in [4.69, 9.17) is 9.15 Å². The molecule has 1 amide bonds. The van der Waals surface area contributed by atoms with Crippen LogP contribution >= 0.6 is 0 Å². The molecule has 3 rings (SSSR count). The zero-order valence-corrected chi connectivity index (χ0v) is 14.5. The van der Waals surface area contributed by atoms with Gasteiger partial charge in [0, 0.05) is 24.3 Å². The van der Waals surface area contributed by atoms with Gasteiger partial charge in [-0.15, -0.1) is 0 Å². The summed E-state index contributed by atoms with van der Waals surface area (Å²) in [5, 5.41) is 3.97. The summed E-state index contributed by atoms with van der Waals surface area (Å²) >= 11 is 0. The van der Waals surface area contributed by atoms with Crippen LogP contribution in [0.4, 0.5) is 0 Å². The predicted octanol–water partition coefficient (Wildman–Crippen LogP) is 3.44. The molecule has 25 heavy (non-hydrogen) atoms. The molecule has 1 aromatic carbocycles. The van der Waals surface area contributed by atoms with Crippen LogP contribution in [0.2, 0.25) is 0 Å². The van der Waals surface area contributed by atoms with Crippen LogP contribution in [0.5, 0.6) is 0 Å². The molecule has 2 aromatic heterocycles. The smallest absolute Gasteiger partial charge is 0.225 e. The van der Waals surface area contributed by atoms with E-state index in [-0.39, 0.29) is 18.4 Å². The fraction of sp³-hybridized carbons (Fsp3) is 0.300. The second-order valence-corrected chi connectivity index (χ2v) is 5.95. The Morgan fingerprint density at radius 2 is 2.20 bits per heavy atom. The fourth-order valence-corrected chi connectivity index (χ4v) is 2.85. The van der Waals surface area contributed by atoms with Crippen molar-refractivity contribution in [3.8, 4) is 0 Å². The van der Waals surface area contributed by atoms with Gasteiger partial charge in [-0.05, 0) is 30.2 Å². The van der Waals surface area contributed by atoms with Gasteiger partial charge in [0.1, 0.15) is 5.58 Å². The number of aromatic nitrogens is 1. The van der Waals surface area contributed by atoms with Crippen LogP contribution in [0.15, 0.2) is 53.3 Å². The lowest BCUT2D eigenvalue weighted by Gasteiger charge is -2.17. The number of benzene rings is 1. The highest BCUT2D eigenvalue weighted by atomic mass is 16.5. The van der Waals surface area contributed by atoms with Gasteiger partial charge < -0.3 is 14.5 Å². The predicted molar refractivity (Wildman–Crippen MR) is 96.3 cm³/mol. The van der Waals surface area contributed by atoms with Crippen molar-refractivity contribution in [1.29, 1.82) is 0 Å². The van der Waals surface area contributed by atoms with Crippen molar-refractivity contribution in [3.63, 3.8) is 0 Å². The van der Waals surface area contributed by atoms with Gasteiger partial charge >= 0.3 is 0 Å². The number of carbonyl (C=O) groups excluding carboxylic acids is 1. The molecular formula is C20H22N2O3. The number of hydrogen-bond donors (Lipinski definition) is 1. The molecule has 0 fully saturated rings. The molecule has 0 saturated carbocycles. The number of carbonyl (C=O) groups is 1. The van der Waals surface area contributed by atoms with Crippen LogP contribution in [0, 0.1) is 0 Å². The number of fused-ring (bicyclic) bond motifs is 1. The third kappa shape index (κ3) is 4.06. The molecule has 1 atom stereocenters. The molecule has 3 aromatic rings. The van der Waals surface area contributed by atoms with Crippen LogP contribution in [0.25, 0.3) is 11.0 Å². The Morgan fingerprint density at radius 1 is 1.32 bits per heavy atom. The second-order valence-electron chi connectivity index (χ2n) is 5.95. The van der Waals surface area contributed by atoms with E-state index in [2.05, 4.69) is 23.3 Å². The van der Waals surface area contributed by atoms with E-state index in [1.165, 1.54) is 5.56 Å². The van der Waals surface area contributed by atoms with Gasteiger partial charge in [-0.1, -0.05) is 25.1 Å². The van der Waals surface area contributed by atoms with E-state index < -0.39 is 0 Å². The lowest BCUT2D eigenvalue weighted by atomic mass is 10.1. The minimum atomic E-state index is -0.274. The van der Waals surface area contributed by atoms with Gasteiger partial charge in [-0.2, -0.15) is 0 Å². The number of furan rings is 1. The normalized spacial score (nSPS) is 12.2. The van der Waals surface area contributed by atoms with E-state index in [0.29, 0.717) is 6.61 Å². The van der Waals surface area contributed by atoms with E-state index >= 15 is 0 Å². The maximum Gasteiger partial charge on any atom is 0.225 e. The first-order valence-corrected chi connectivity index (χ1v) is 8.39. The molecule has 5 heteroatoms. The molecule has 130 valence electrons. The summed E-state index contributed by atoms with van der Waals surface area (Å²) in [7, 11) is 1.61. The number of methoxy groups -OCH3 is 1. The Kier molecular flexibility index (Phi) is 5.46. The molecule has 1 N–H and O–H groups in total. The highest BCUT2D eigenvalue weighted by Crippen LogP contribution is 2.23. The Labute approximate surface area is 147 Å². The average Bonchev–Trinajstić information content (AvgIpc) is 3.04. The summed E-state index contributed by atoms with van der Waals surface area (Å²) < 4.78 is 10.8.